The molecule has 0 aliphatic heterocycles. The van der Waals surface area contributed by atoms with Gasteiger partial charge in [-0.15, -0.1) is 0 Å². The number of hydrogen-bond acceptors (Lipinski definition) is 0. The molecule has 0 N–H and O–H groups in total. The molecule has 0 aromatic heterocycles. The second kappa shape index (κ2) is 6.84. The number of halogens is 10. The van der Waals surface area contributed by atoms with Gasteiger partial charge in [-0.1, -0.05) is 0 Å². The highest BCUT2D eigenvalue weighted by molar-refractivity contribution is 4.80. The average Bonchev–Trinajstić information content (AvgIpc) is 2.18. The van der Waals surface area contributed by atoms with E-state index in [0.717, 1.165) is 0 Å². The van der Waals surface area contributed by atoms with Gasteiger partial charge >= 0.3 is 18.3 Å². The van der Waals surface area contributed by atoms with E-state index in [9.17, 15) is 43.9 Å². The number of hydrogen-bond donors (Lipinski definition) is 0. The van der Waals surface area contributed by atoms with Gasteiger partial charge in [0.05, 0.1) is 0 Å². The van der Waals surface area contributed by atoms with Gasteiger partial charge in [-0.25, -0.2) is 8.78 Å². The Morgan fingerprint density at radius 3 is 1.55 bits per heavy atom. The van der Waals surface area contributed by atoms with Crippen molar-refractivity contribution in [3.05, 3.63) is 0 Å². The Labute approximate surface area is 108 Å². The zero-order valence-corrected chi connectivity index (χ0v) is 9.97. The Morgan fingerprint density at radius 1 is 0.700 bits per heavy atom. The second-order valence-corrected chi connectivity index (χ2v) is 4.39. The highest BCUT2D eigenvalue weighted by Crippen LogP contribution is 2.42. The zero-order chi connectivity index (χ0) is 16.2. The number of alkyl halides is 10. The summed E-state index contributed by atoms with van der Waals surface area (Å²) < 4.78 is 121. The largest absolute Gasteiger partial charge is 0.453 e. The summed E-state index contributed by atoms with van der Waals surface area (Å²) in [4.78, 5) is 0. The summed E-state index contributed by atoms with van der Waals surface area (Å²) in [5, 5.41) is 0. The fourth-order valence-corrected chi connectivity index (χ4v) is 1.56. The van der Waals surface area contributed by atoms with Crippen LogP contribution in [0.4, 0.5) is 43.9 Å². The molecule has 0 aromatic carbocycles. The molecule has 0 aliphatic carbocycles. The van der Waals surface area contributed by atoms with Crippen LogP contribution in [0.3, 0.4) is 0 Å². The van der Waals surface area contributed by atoms with Crippen molar-refractivity contribution in [2.75, 3.05) is 0 Å². The predicted octanol–water partition coefficient (Wildman–Crippen LogP) is 5.58. The van der Waals surface area contributed by atoms with E-state index in [-0.39, 0.29) is 0 Å². The van der Waals surface area contributed by atoms with Crippen molar-refractivity contribution in [1.29, 1.82) is 0 Å². The Bertz CT molecular complexity index is 277. The molecule has 0 nitrogen and oxygen atoms in total. The van der Waals surface area contributed by atoms with Crippen molar-refractivity contribution in [3.63, 3.8) is 0 Å². The van der Waals surface area contributed by atoms with Gasteiger partial charge in [-0.3, -0.25) is 0 Å². The van der Waals surface area contributed by atoms with E-state index in [1.165, 1.54) is 0 Å². The normalized spacial score (nSPS) is 15.8. The minimum absolute atomic E-state index is 0.820. The highest BCUT2D eigenvalue weighted by Gasteiger charge is 2.57. The predicted molar refractivity (Wildman–Crippen MR) is 49.6 cm³/mol. The molecule has 0 radical (unpaired) electrons. The van der Waals surface area contributed by atoms with Crippen LogP contribution >= 0.6 is 0 Å². The van der Waals surface area contributed by atoms with E-state index in [2.05, 4.69) is 0 Å². The van der Waals surface area contributed by atoms with Gasteiger partial charge in [0, 0.05) is 19.3 Å². The summed E-state index contributed by atoms with van der Waals surface area (Å²) in [6.07, 6.45) is -20.0. The van der Waals surface area contributed by atoms with E-state index in [1.54, 1.807) is 0 Å². The molecule has 0 rings (SSSR count). The zero-order valence-electron chi connectivity index (χ0n) is 9.97. The van der Waals surface area contributed by atoms with Crippen LogP contribution in [0.2, 0.25) is 0 Å². The minimum Gasteiger partial charge on any atom is -0.211 e. The standard InChI is InChI=1S/C10H12F10/c11-7(12)2-1-6(3-4-9(15,16)17)5-8(13,14)10(18,19)20/h6-7H,1-5H2. The summed E-state index contributed by atoms with van der Waals surface area (Å²) in [6, 6.07) is 0. The molecule has 0 heterocycles. The van der Waals surface area contributed by atoms with Crippen molar-refractivity contribution >= 4 is 0 Å². The molecule has 122 valence electrons. The third-order valence-electron chi connectivity index (χ3n) is 2.59. The van der Waals surface area contributed by atoms with Crippen LogP contribution in [0.15, 0.2) is 0 Å². The molecule has 1 unspecified atom stereocenters. The third-order valence-corrected chi connectivity index (χ3v) is 2.59. The van der Waals surface area contributed by atoms with Crippen molar-refractivity contribution in [2.24, 2.45) is 5.92 Å². The Kier molecular flexibility index (Phi) is 6.60. The molecular weight excluding hydrogens is 310 g/mol. The molecule has 0 saturated heterocycles. The van der Waals surface area contributed by atoms with E-state index in [1.807, 2.05) is 0 Å². The van der Waals surface area contributed by atoms with E-state index >= 15 is 0 Å². The van der Waals surface area contributed by atoms with Crippen LogP contribution in [0, 0.1) is 5.92 Å². The lowest BCUT2D eigenvalue weighted by Crippen LogP contribution is -2.38. The van der Waals surface area contributed by atoms with Crippen LogP contribution < -0.4 is 0 Å². The highest BCUT2D eigenvalue weighted by atomic mass is 19.4. The third kappa shape index (κ3) is 7.78. The molecule has 0 amide bonds. The maximum atomic E-state index is 12.7. The van der Waals surface area contributed by atoms with Crippen molar-refractivity contribution < 1.29 is 43.9 Å². The van der Waals surface area contributed by atoms with Gasteiger partial charge in [0.1, 0.15) is 0 Å². The lowest BCUT2D eigenvalue weighted by atomic mass is 9.91. The first-order chi connectivity index (χ1) is 8.74. The molecule has 0 aromatic rings. The first-order valence-electron chi connectivity index (χ1n) is 5.54. The molecule has 0 spiro atoms. The van der Waals surface area contributed by atoms with E-state index in [0.29, 0.717) is 0 Å². The molecule has 0 bridgehead atoms. The summed E-state index contributed by atoms with van der Waals surface area (Å²) in [5.41, 5.74) is 0. The topological polar surface area (TPSA) is 0 Å². The second-order valence-electron chi connectivity index (χ2n) is 4.39. The molecule has 0 saturated carbocycles. The van der Waals surface area contributed by atoms with Crippen LogP contribution in [0.1, 0.15) is 32.1 Å². The fraction of sp³-hybridized carbons (Fsp3) is 1.00. The summed E-state index contributed by atoms with van der Waals surface area (Å²) in [7, 11) is 0. The smallest absolute Gasteiger partial charge is 0.211 e. The SMILES string of the molecule is FC(F)CCC(CCC(F)(F)F)CC(F)(F)C(F)(F)F. The lowest BCUT2D eigenvalue weighted by molar-refractivity contribution is -0.288. The summed E-state index contributed by atoms with van der Waals surface area (Å²) >= 11 is 0. The molecule has 0 fully saturated rings. The van der Waals surface area contributed by atoms with Crippen LogP contribution in [0.5, 0.6) is 0 Å². The van der Waals surface area contributed by atoms with Gasteiger partial charge < -0.3 is 0 Å². The first kappa shape index (κ1) is 19.3. The van der Waals surface area contributed by atoms with Gasteiger partial charge in [0.25, 0.3) is 0 Å². The Morgan fingerprint density at radius 2 is 1.20 bits per heavy atom. The summed E-state index contributed by atoms with van der Waals surface area (Å²) in [5.74, 6) is -6.96. The molecule has 20 heavy (non-hydrogen) atoms. The van der Waals surface area contributed by atoms with Crippen LogP contribution in [-0.4, -0.2) is 24.7 Å². The lowest BCUT2D eigenvalue weighted by Gasteiger charge is -2.25. The van der Waals surface area contributed by atoms with Crippen LogP contribution in [0.25, 0.3) is 0 Å². The van der Waals surface area contributed by atoms with Crippen molar-refractivity contribution in [2.45, 2.75) is 56.8 Å². The molecule has 10 heteroatoms. The van der Waals surface area contributed by atoms with E-state index in [4.69, 9.17) is 0 Å². The van der Waals surface area contributed by atoms with Crippen molar-refractivity contribution in [1.82, 2.24) is 0 Å². The maximum absolute atomic E-state index is 12.7. The monoisotopic (exact) mass is 322 g/mol. The van der Waals surface area contributed by atoms with Gasteiger partial charge in [0.15, 0.2) is 0 Å². The minimum atomic E-state index is -5.91. The first-order valence-corrected chi connectivity index (χ1v) is 5.54. The Hall–Kier alpha value is -0.700. The van der Waals surface area contributed by atoms with Crippen molar-refractivity contribution in [3.8, 4) is 0 Å². The van der Waals surface area contributed by atoms with Gasteiger partial charge in [0.2, 0.25) is 6.43 Å². The van der Waals surface area contributed by atoms with Crippen LogP contribution in [-0.2, 0) is 0 Å². The molecule has 0 aliphatic rings. The van der Waals surface area contributed by atoms with E-state index < -0.39 is 62.7 Å². The average molecular weight is 322 g/mol. The maximum Gasteiger partial charge on any atom is 0.453 e. The fourth-order valence-electron chi connectivity index (χ4n) is 1.56. The molecule has 1 atom stereocenters. The quantitative estimate of drug-likeness (QED) is 0.537. The van der Waals surface area contributed by atoms with Gasteiger partial charge in [-0.2, -0.15) is 35.1 Å². The Balaban J connectivity index is 4.68. The summed E-state index contributed by atoms with van der Waals surface area (Å²) in [6.45, 7) is 0. The number of rotatable bonds is 7. The molecular formula is C10H12F10. The van der Waals surface area contributed by atoms with Gasteiger partial charge in [-0.05, 0) is 18.8 Å².